The fraction of sp³-hybridized carbons (Fsp3) is 1.00. The third-order valence-electron chi connectivity index (χ3n) is 3.51. The lowest BCUT2D eigenvalue weighted by molar-refractivity contribution is 0.222. The Morgan fingerprint density at radius 2 is 1.92 bits per heavy atom. The van der Waals surface area contributed by atoms with Crippen molar-refractivity contribution in [3.05, 3.63) is 0 Å². The molecule has 0 aromatic rings. The van der Waals surface area contributed by atoms with Gasteiger partial charge in [-0.3, -0.25) is 0 Å². The normalized spacial score (nSPS) is 38.5. The molecule has 0 aromatic carbocycles. The van der Waals surface area contributed by atoms with E-state index >= 15 is 0 Å². The summed E-state index contributed by atoms with van der Waals surface area (Å²) in [6, 6.07) is 0. The summed E-state index contributed by atoms with van der Waals surface area (Å²) in [6.45, 7) is 2.14. The molecule has 0 amide bonds. The van der Waals surface area contributed by atoms with Crippen molar-refractivity contribution in [3.63, 3.8) is 0 Å². The van der Waals surface area contributed by atoms with Gasteiger partial charge in [0.2, 0.25) is 0 Å². The third kappa shape index (κ3) is 1.56. The number of fused-ring (bicyclic) bond motifs is 1. The summed E-state index contributed by atoms with van der Waals surface area (Å²) >= 11 is 0. The smallest absolute Gasteiger partial charge is 0.340 e. The highest BCUT2D eigenvalue weighted by atomic mass is 28.4. The Morgan fingerprint density at radius 3 is 2.54 bits per heavy atom. The summed E-state index contributed by atoms with van der Waals surface area (Å²) in [5.74, 6) is 0. The van der Waals surface area contributed by atoms with Crippen molar-refractivity contribution in [3.8, 4) is 0 Å². The van der Waals surface area contributed by atoms with Crippen LogP contribution in [0, 0.1) is 0 Å². The summed E-state index contributed by atoms with van der Waals surface area (Å²) in [6.07, 6.45) is 4.69. The maximum atomic E-state index is 5.61. The van der Waals surface area contributed by atoms with E-state index in [0.717, 1.165) is 0 Å². The van der Waals surface area contributed by atoms with Crippen LogP contribution in [0.3, 0.4) is 0 Å². The monoisotopic (exact) mass is 202 g/mol. The Bertz CT molecular complexity index is 193. The fourth-order valence-corrected chi connectivity index (χ4v) is 4.78. The van der Waals surface area contributed by atoms with Crippen LogP contribution < -0.4 is 0 Å². The van der Waals surface area contributed by atoms with Crippen LogP contribution in [0.4, 0.5) is 0 Å². The molecule has 4 heteroatoms. The minimum atomic E-state index is -1.94. The zero-order chi connectivity index (χ0) is 9.47. The van der Waals surface area contributed by atoms with Gasteiger partial charge in [0.05, 0.1) is 12.2 Å². The van der Waals surface area contributed by atoms with Crippen LogP contribution >= 0.6 is 0 Å². The van der Waals surface area contributed by atoms with E-state index in [1.165, 1.54) is 19.3 Å². The molecule has 1 aliphatic heterocycles. The lowest BCUT2D eigenvalue weighted by Gasteiger charge is -2.32. The molecule has 3 atom stereocenters. The highest BCUT2D eigenvalue weighted by Crippen LogP contribution is 2.48. The first-order valence-electron chi connectivity index (χ1n) is 4.97. The lowest BCUT2D eigenvalue weighted by atomic mass is 10.0. The second-order valence-corrected chi connectivity index (χ2v) is 7.69. The first kappa shape index (κ1) is 9.64. The van der Waals surface area contributed by atoms with Gasteiger partial charge < -0.3 is 13.6 Å². The van der Waals surface area contributed by atoms with Crippen LogP contribution in [0.25, 0.3) is 0 Å². The van der Waals surface area contributed by atoms with Gasteiger partial charge in [0.15, 0.2) is 0 Å². The van der Waals surface area contributed by atoms with E-state index in [0.29, 0.717) is 17.7 Å². The second-order valence-electron chi connectivity index (χ2n) is 4.10. The van der Waals surface area contributed by atoms with Gasteiger partial charge in [0.25, 0.3) is 0 Å². The number of rotatable bonds is 3. The van der Waals surface area contributed by atoms with Crippen LogP contribution in [0.5, 0.6) is 0 Å². The van der Waals surface area contributed by atoms with Crippen molar-refractivity contribution >= 4 is 8.56 Å². The predicted octanol–water partition coefficient (Wildman–Crippen LogP) is 1.67. The molecule has 0 aromatic heterocycles. The van der Waals surface area contributed by atoms with Gasteiger partial charge in [0, 0.05) is 19.8 Å². The molecule has 2 rings (SSSR count). The minimum absolute atomic E-state index is 0.449. The first-order chi connectivity index (χ1) is 6.21. The fourth-order valence-electron chi connectivity index (χ4n) is 2.39. The van der Waals surface area contributed by atoms with Gasteiger partial charge in [-0.15, -0.1) is 0 Å². The Kier molecular flexibility index (Phi) is 2.48. The Hall–Kier alpha value is 0.0969. The van der Waals surface area contributed by atoms with E-state index in [1.807, 2.05) is 0 Å². The largest absolute Gasteiger partial charge is 0.398 e. The van der Waals surface area contributed by atoms with E-state index in [2.05, 4.69) is 6.55 Å². The Labute approximate surface area is 80.6 Å². The maximum absolute atomic E-state index is 5.61. The minimum Gasteiger partial charge on any atom is -0.398 e. The molecule has 1 saturated heterocycles. The summed E-state index contributed by atoms with van der Waals surface area (Å²) in [7, 11) is 1.59. The molecule has 0 radical (unpaired) electrons. The van der Waals surface area contributed by atoms with Crippen LogP contribution in [0.15, 0.2) is 0 Å². The van der Waals surface area contributed by atoms with E-state index < -0.39 is 8.56 Å². The molecule has 1 aliphatic carbocycles. The summed E-state index contributed by atoms with van der Waals surface area (Å²) in [5.41, 5.74) is 0.543. The molecular weight excluding hydrogens is 184 g/mol. The van der Waals surface area contributed by atoms with Gasteiger partial charge in [-0.2, -0.15) is 0 Å². The van der Waals surface area contributed by atoms with E-state index in [1.54, 1.807) is 14.2 Å². The maximum Gasteiger partial charge on any atom is 0.340 e. The van der Waals surface area contributed by atoms with Crippen molar-refractivity contribution in [2.45, 2.75) is 43.6 Å². The molecule has 76 valence electrons. The van der Waals surface area contributed by atoms with E-state index in [-0.39, 0.29) is 0 Å². The topological polar surface area (TPSA) is 31.0 Å². The van der Waals surface area contributed by atoms with Crippen LogP contribution in [0.1, 0.15) is 19.3 Å². The molecule has 0 spiro atoms. The Balaban J connectivity index is 2.05. The van der Waals surface area contributed by atoms with Gasteiger partial charge >= 0.3 is 8.56 Å². The SMILES string of the molecule is CO[Si](C)(OC)C1CCCC2OC21. The van der Waals surface area contributed by atoms with Crippen molar-refractivity contribution < 1.29 is 13.6 Å². The van der Waals surface area contributed by atoms with Crippen molar-refractivity contribution in [1.29, 1.82) is 0 Å². The summed E-state index contributed by atoms with van der Waals surface area (Å²) < 4.78 is 16.7. The zero-order valence-corrected chi connectivity index (χ0v) is 9.58. The Morgan fingerprint density at radius 1 is 1.23 bits per heavy atom. The zero-order valence-electron chi connectivity index (χ0n) is 8.58. The van der Waals surface area contributed by atoms with Crippen LogP contribution in [-0.4, -0.2) is 35.0 Å². The molecular formula is C9H18O3Si. The number of epoxide rings is 1. The lowest BCUT2D eigenvalue weighted by Crippen LogP contribution is -2.45. The van der Waals surface area contributed by atoms with Gasteiger partial charge in [-0.1, -0.05) is 6.42 Å². The van der Waals surface area contributed by atoms with E-state index in [9.17, 15) is 0 Å². The molecule has 2 fully saturated rings. The van der Waals surface area contributed by atoms with E-state index in [4.69, 9.17) is 13.6 Å². The quantitative estimate of drug-likeness (QED) is 0.515. The molecule has 3 nitrogen and oxygen atoms in total. The second kappa shape index (κ2) is 3.35. The van der Waals surface area contributed by atoms with Gasteiger partial charge in [0.1, 0.15) is 0 Å². The van der Waals surface area contributed by atoms with Crippen molar-refractivity contribution in [2.24, 2.45) is 0 Å². The van der Waals surface area contributed by atoms with Gasteiger partial charge in [-0.05, 0) is 19.4 Å². The molecule has 13 heavy (non-hydrogen) atoms. The van der Waals surface area contributed by atoms with Crippen molar-refractivity contribution in [1.82, 2.24) is 0 Å². The average Bonchev–Trinajstić information content (AvgIpc) is 2.94. The number of hydrogen-bond donors (Lipinski definition) is 0. The van der Waals surface area contributed by atoms with Gasteiger partial charge in [-0.25, -0.2) is 0 Å². The van der Waals surface area contributed by atoms with Crippen LogP contribution in [-0.2, 0) is 13.6 Å². The molecule has 3 unspecified atom stereocenters. The predicted molar refractivity (Wildman–Crippen MR) is 51.9 cm³/mol. The van der Waals surface area contributed by atoms with Crippen molar-refractivity contribution in [2.75, 3.05) is 14.2 Å². The number of hydrogen-bond acceptors (Lipinski definition) is 3. The standard InChI is InChI=1S/C9H18O3Si/c1-10-13(3,11-2)8-6-4-5-7-9(8)12-7/h7-9H,4-6H2,1-3H3. The molecule has 0 N–H and O–H groups in total. The molecule has 1 heterocycles. The highest BCUT2D eigenvalue weighted by Gasteiger charge is 2.56. The average molecular weight is 202 g/mol. The highest BCUT2D eigenvalue weighted by molar-refractivity contribution is 6.67. The summed E-state index contributed by atoms with van der Waals surface area (Å²) in [4.78, 5) is 0. The first-order valence-corrected chi connectivity index (χ1v) is 7.36. The van der Waals surface area contributed by atoms with Crippen LogP contribution in [0.2, 0.25) is 12.1 Å². The number of ether oxygens (including phenoxy) is 1. The molecule has 1 saturated carbocycles. The molecule has 2 aliphatic rings. The molecule has 0 bridgehead atoms. The third-order valence-corrected chi connectivity index (χ3v) is 7.09. The summed E-state index contributed by atoms with van der Waals surface area (Å²) in [5, 5.41) is 0.